The summed E-state index contributed by atoms with van der Waals surface area (Å²) in [6.07, 6.45) is 2.35. The average Bonchev–Trinajstić information content (AvgIpc) is 2.79. The lowest BCUT2D eigenvalue weighted by atomic mass is 9.82. The lowest BCUT2D eigenvalue weighted by molar-refractivity contribution is 0.267. The van der Waals surface area contributed by atoms with E-state index in [4.69, 9.17) is 4.42 Å². The normalized spacial score (nSPS) is 15.3. The molecule has 2 atom stereocenters. The van der Waals surface area contributed by atoms with Gasteiger partial charge in [-0.2, -0.15) is 0 Å². The van der Waals surface area contributed by atoms with Crippen LogP contribution in [0.3, 0.4) is 0 Å². The van der Waals surface area contributed by atoms with Crippen molar-refractivity contribution in [3.05, 3.63) is 36.1 Å². The highest BCUT2D eigenvalue weighted by Gasteiger charge is 2.22. The van der Waals surface area contributed by atoms with Crippen molar-refractivity contribution in [1.82, 2.24) is 5.32 Å². The summed E-state index contributed by atoms with van der Waals surface area (Å²) in [5.41, 5.74) is 1.36. The minimum Gasteiger partial charge on any atom is -0.459 e. The minimum atomic E-state index is 0.305. The van der Waals surface area contributed by atoms with Crippen LogP contribution < -0.4 is 5.32 Å². The van der Waals surface area contributed by atoms with Crippen molar-refractivity contribution in [3.63, 3.8) is 0 Å². The van der Waals surface area contributed by atoms with Crippen molar-refractivity contribution in [2.24, 2.45) is 11.3 Å². The van der Waals surface area contributed by atoms with Gasteiger partial charge in [0.05, 0.1) is 6.04 Å². The maximum atomic E-state index is 6.05. The molecule has 0 saturated heterocycles. The standard InChI is InChI=1S/C19H29NO/c1-6-20-16(11-14(2)13-19(3,4)5)18-12-15-9-7-8-10-17(15)21-18/h7-10,12,14,16,20H,6,11,13H2,1-5H3. The molecular weight excluding hydrogens is 258 g/mol. The average molecular weight is 287 g/mol. The van der Waals surface area contributed by atoms with Gasteiger partial charge in [0.1, 0.15) is 11.3 Å². The third-order valence-corrected chi connectivity index (χ3v) is 3.84. The maximum Gasteiger partial charge on any atom is 0.134 e. The van der Waals surface area contributed by atoms with Crippen LogP contribution in [0.5, 0.6) is 0 Å². The van der Waals surface area contributed by atoms with Crippen molar-refractivity contribution in [2.75, 3.05) is 6.54 Å². The Morgan fingerprint density at radius 3 is 2.52 bits per heavy atom. The van der Waals surface area contributed by atoms with E-state index in [-0.39, 0.29) is 0 Å². The number of fused-ring (bicyclic) bond motifs is 1. The topological polar surface area (TPSA) is 25.2 Å². The molecule has 2 nitrogen and oxygen atoms in total. The third-order valence-electron chi connectivity index (χ3n) is 3.84. The van der Waals surface area contributed by atoms with E-state index in [2.05, 4.69) is 58.1 Å². The van der Waals surface area contributed by atoms with Gasteiger partial charge in [0.2, 0.25) is 0 Å². The van der Waals surface area contributed by atoms with Crippen LogP contribution in [0, 0.1) is 11.3 Å². The van der Waals surface area contributed by atoms with Gasteiger partial charge in [-0.25, -0.2) is 0 Å². The Hall–Kier alpha value is -1.28. The minimum absolute atomic E-state index is 0.305. The lowest BCUT2D eigenvalue weighted by Gasteiger charge is -2.26. The van der Waals surface area contributed by atoms with Gasteiger partial charge in [0.25, 0.3) is 0 Å². The Kier molecular flexibility index (Phi) is 5.10. The molecule has 0 radical (unpaired) electrons. The van der Waals surface area contributed by atoms with Crippen LogP contribution in [0.15, 0.2) is 34.7 Å². The number of furan rings is 1. The summed E-state index contributed by atoms with van der Waals surface area (Å²) in [7, 11) is 0. The van der Waals surface area contributed by atoms with Crippen molar-refractivity contribution in [1.29, 1.82) is 0 Å². The Morgan fingerprint density at radius 1 is 1.19 bits per heavy atom. The molecule has 0 aliphatic rings. The molecule has 0 fully saturated rings. The van der Waals surface area contributed by atoms with E-state index in [1.54, 1.807) is 0 Å². The summed E-state index contributed by atoms with van der Waals surface area (Å²) >= 11 is 0. The fraction of sp³-hybridized carbons (Fsp3) is 0.579. The van der Waals surface area contributed by atoms with Crippen LogP contribution in [0.2, 0.25) is 0 Å². The summed E-state index contributed by atoms with van der Waals surface area (Å²) in [5, 5.41) is 4.78. The highest BCUT2D eigenvalue weighted by molar-refractivity contribution is 5.77. The quantitative estimate of drug-likeness (QED) is 0.754. The first-order chi connectivity index (χ1) is 9.89. The molecule has 116 valence electrons. The first kappa shape index (κ1) is 16.1. The highest BCUT2D eigenvalue weighted by Crippen LogP contribution is 2.32. The Labute approximate surface area is 128 Å². The highest BCUT2D eigenvalue weighted by atomic mass is 16.3. The van der Waals surface area contributed by atoms with Gasteiger partial charge in [-0.1, -0.05) is 52.8 Å². The lowest BCUT2D eigenvalue weighted by Crippen LogP contribution is -2.24. The fourth-order valence-electron chi connectivity index (χ4n) is 3.25. The first-order valence-corrected chi connectivity index (χ1v) is 8.11. The van der Waals surface area contributed by atoms with Gasteiger partial charge in [-0.05, 0) is 42.9 Å². The molecule has 2 heteroatoms. The molecule has 0 bridgehead atoms. The SMILES string of the molecule is CCNC(CC(C)CC(C)(C)C)c1cc2ccccc2o1. The number of benzene rings is 1. The van der Waals surface area contributed by atoms with Gasteiger partial charge < -0.3 is 9.73 Å². The molecule has 21 heavy (non-hydrogen) atoms. The summed E-state index contributed by atoms with van der Waals surface area (Å²) in [4.78, 5) is 0. The zero-order valence-electron chi connectivity index (χ0n) is 14.1. The molecule has 1 aromatic carbocycles. The van der Waals surface area contributed by atoms with E-state index in [9.17, 15) is 0 Å². The molecule has 1 heterocycles. The van der Waals surface area contributed by atoms with Gasteiger partial charge in [-0.3, -0.25) is 0 Å². The van der Waals surface area contributed by atoms with Gasteiger partial charge in [-0.15, -0.1) is 0 Å². The molecule has 2 unspecified atom stereocenters. The van der Waals surface area contributed by atoms with Crippen LogP contribution in [0.1, 0.15) is 59.3 Å². The zero-order chi connectivity index (χ0) is 15.5. The predicted octanol–water partition coefficient (Wildman–Crippen LogP) is 5.55. The molecule has 0 amide bonds. The number of para-hydroxylation sites is 1. The van der Waals surface area contributed by atoms with Crippen LogP contribution in [0.4, 0.5) is 0 Å². The summed E-state index contributed by atoms with van der Waals surface area (Å²) < 4.78 is 6.05. The second kappa shape index (κ2) is 6.65. The fourth-order valence-corrected chi connectivity index (χ4v) is 3.25. The van der Waals surface area contributed by atoms with Crippen molar-refractivity contribution in [2.45, 2.75) is 53.5 Å². The molecule has 0 saturated carbocycles. The summed E-state index contributed by atoms with van der Waals surface area (Å²) in [5.74, 6) is 1.74. The summed E-state index contributed by atoms with van der Waals surface area (Å²) in [6, 6.07) is 10.7. The molecule has 2 aromatic rings. The Bertz CT molecular complexity index is 531. The monoisotopic (exact) mass is 287 g/mol. The van der Waals surface area contributed by atoms with Gasteiger partial charge >= 0.3 is 0 Å². The smallest absolute Gasteiger partial charge is 0.134 e. The molecule has 1 N–H and O–H groups in total. The molecule has 0 spiro atoms. The van der Waals surface area contributed by atoms with E-state index < -0.39 is 0 Å². The van der Waals surface area contributed by atoms with E-state index in [0.717, 1.165) is 24.3 Å². The molecular formula is C19H29NO. The van der Waals surface area contributed by atoms with Crippen LogP contribution in [0.25, 0.3) is 11.0 Å². The predicted molar refractivity (Wildman–Crippen MR) is 90.5 cm³/mol. The van der Waals surface area contributed by atoms with Crippen LogP contribution in [-0.2, 0) is 0 Å². The number of nitrogens with one attached hydrogen (secondary N) is 1. The van der Waals surface area contributed by atoms with Gasteiger partial charge in [0, 0.05) is 5.39 Å². The number of hydrogen-bond donors (Lipinski definition) is 1. The molecule has 1 aromatic heterocycles. The summed E-state index contributed by atoms with van der Waals surface area (Å²) in [6.45, 7) is 12.4. The van der Waals surface area contributed by atoms with E-state index in [1.807, 2.05) is 12.1 Å². The third kappa shape index (κ3) is 4.60. The second-order valence-electron chi connectivity index (χ2n) is 7.40. The molecule has 0 aliphatic heterocycles. The Morgan fingerprint density at radius 2 is 1.90 bits per heavy atom. The number of rotatable bonds is 6. The van der Waals surface area contributed by atoms with Crippen molar-refractivity contribution < 1.29 is 4.42 Å². The maximum absolute atomic E-state index is 6.05. The van der Waals surface area contributed by atoms with Gasteiger partial charge in [0.15, 0.2) is 0 Å². The first-order valence-electron chi connectivity index (χ1n) is 8.11. The molecule has 2 rings (SSSR count). The van der Waals surface area contributed by atoms with Crippen LogP contribution >= 0.6 is 0 Å². The second-order valence-corrected chi connectivity index (χ2v) is 7.40. The zero-order valence-corrected chi connectivity index (χ0v) is 14.1. The van der Waals surface area contributed by atoms with Crippen molar-refractivity contribution in [3.8, 4) is 0 Å². The van der Waals surface area contributed by atoms with E-state index in [0.29, 0.717) is 17.4 Å². The Balaban J connectivity index is 2.14. The molecule has 0 aliphatic carbocycles. The van der Waals surface area contributed by atoms with E-state index in [1.165, 1.54) is 11.8 Å². The van der Waals surface area contributed by atoms with Crippen molar-refractivity contribution >= 4 is 11.0 Å². The van der Waals surface area contributed by atoms with E-state index >= 15 is 0 Å². The largest absolute Gasteiger partial charge is 0.459 e. The van der Waals surface area contributed by atoms with Crippen LogP contribution in [-0.4, -0.2) is 6.54 Å². The number of hydrogen-bond acceptors (Lipinski definition) is 2.